The van der Waals surface area contributed by atoms with E-state index < -0.39 is 129 Å². The number of esters is 3. The minimum atomic E-state index is -3.43. The van der Waals surface area contributed by atoms with Crippen LogP contribution in [0.25, 0.3) is 0 Å². The average Bonchev–Trinajstić information content (AvgIpc) is 1.69. The quantitative estimate of drug-likeness (QED) is 0.0304. The first-order valence-electron chi connectivity index (χ1n) is 30.0. The van der Waals surface area contributed by atoms with E-state index in [0.29, 0.717) is 5.56 Å². The number of carbonyl (C=O) groups is 6. The molecule has 532 valence electrons. The monoisotopic (exact) mass is 1410 g/mol. The van der Waals surface area contributed by atoms with Gasteiger partial charge in [0.05, 0.1) is 37.6 Å². The number of hydrogen-bond donors (Lipinski definition) is 6. The van der Waals surface area contributed by atoms with Crippen LogP contribution in [0.5, 0.6) is 0 Å². The zero-order valence-corrected chi connectivity index (χ0v) is 56.7. The normalized spacial score (nSPS) is 20.6. The van der Waals surface area contributed by atoms with Gasteiger partial charge in [0, 0.05) is 37.0 Å². The van der Waals surface area contributed by atoms with Gasteiger partial charge in [-0.25, -0.2) is 43.7 Å². The van der Waals surface area contributed by atoms with Crippen LogP contribution in [-0.4, -0.2) is 171 Å². The number of aliphatic hydroxyl groups is 2. The van der Waals surface area contributed by atoms with Gasteiger partial charge in [-0.2, -0.15) is 15.0 Å². The molecule has 9 atom stereocenters. The fourth-order valence-corrected chi connectivity index (χ4v) is 10.7. The molecule has 6 heterocycles. The van der Waals surface area contributed by atoms with E-state index in [1.807, 2.05) is 0 Å². The average molecular weight is 1410 g/mol. The third-order valence-electron chi connectivity index (χ3n) is 13.0. The van der Waals surface area contributed by atoms with Crippen molar-refractivity contribution in [1.82, 2.24) is 43.6 Å². The standard InChI is InChI=1S/C21H24N4O7.C20H22N4O7.C12H21N4O7P.C5H13O4P/c1-12(26)30-17-14(31-16(27)13-8-6-5-7-9-13)10-15(32-17)25-11-22-19(24-20(25)29)23-18(28)21(2,3)4;1-20(2,3)17(28)22-18-21-10-24(19(29)23-18)13-9-12(14(31-13)15(25)26)30-16(27)11-7-5-4-6-8-11;1-3-21-24(19,22-4-2)7-20-10-8(17)5-9(23-10)16-6-14-11(13)15-12(16)18;1-3-8-10(7,5-6)9-4-2/h5-9,11,14-15,17H,10H2,1-4H3,(H,23,24,28,29);4-8,10,12-14H,9H2,1-3H3,(H,25,26)(H,22,23,28,29);6,8-10,17H,3-5,7H2,1-2H3,(H2,13,15,18);6H,3-5H2,1-2H3/t14-,15+,17?;12-,13+,14-;8-,9+,10-;/m000./s1. The second-order valence-corrected chi connectivity index (χ2v) is 26.7. The first-order chi connectivity index (χ1) is 45.7. The van der Waals surface area contributed by atoms with E-state index in [-0.39, 0.29) is 87.3 Å². The van der Waals surface area contributed by atoms with Crippen molar-refractivity contribution in [2.24, 2.45) is 10.8 Å². The number of aliphatic carboxylic acids is 1. The first kappa shape index (κ1) is 79.2. The predicted molar refractivity (Wildman–Crippen MR) is 336 cm³/mol. The zero-order chi connectivity index (χ0) is 72.0. The Hall–Kier alpha value is -8.45. The lowest BCUT2D eigenvalue weighted by Gasteiger charge is -2.21. The van der Waals surface area contributed by atoms with Gasteiger partial charge in [-0.3, -0.25) is 47.8 Å². The summed E-state index contributed by atoms with van der Waals surface area (Å²) < 4.78 is 83.9. The Morgan fingerprint density at radius 1 is 0.588 bits per heavy atom. The molecular formula is C58H80N12O25P2. The number of nitrogens with one attached hydrogen (secondary N) is 2. The van der Waals surface area contributed by atoms with Crippen LogP contribution in [0.1, 0.15) is 135 Å². The van der Waals surface area contributed by atoms with Crippen molar-refractivity contribution in [2.75, 3.05) is 55.5 Å². The highest BCUT2D eigenvalue weighted by Gasteiger charge is 2.45. The van der Waals surface area contributed by atoms with E-state index >= 15 is 0 Å². The van der Waals surface area contributed by atoms with Gasteiger partial charge in [-0.1, -0.05) is 77.9 Å². The van der Waals surface area contributed by atoms with E-state index in [1.165, 1.54) is 25.4 Å². The van der Waals surface area contributed by atoms with Crippen LogP contribution >= 0.6 is 15.2 Å². The molecule has 97 heavy (non-hydrogen) atoms. The van der Waals surface area contributed by atoms with Gasteiger partial charge in [-0.05, 0) is 52.0 Å². The van der Waals surface area contributed by atoms with E-state index in [4.69, 9.17) is 62.1 Å². The van der Waals surface area contributed by atoms with Gasteiger partial charge in [0.1, 0.15) is 56.2 Å². The van der Waals surface area contributed by atoms with E-state index in [9.17, 15) is 62.5 Å². The van der Waals surface area contributed by atoms with Gasteiger partial charge < -0.3 is 72.3 Å². The van der Waals surface area contributed by atoms with Gasteiger partial charge in [0.25, 0.3) is 0 Å². The molecule has 2 amide bonds. The minimum absolute atomic E-state index is 0.0213. The number of carboxylic acid groups (broad SMARTS) is 1. The number of carbonyl (C=O) groups excluding carboxylic acids is 5. The smallest absolute Gasteiger partial charge is 0.356 e. The SMILES string of the molecule is CC(=O)OC1O[C@@H](n2cnc(NC(=O)C(C)(C)C)nc2=O)C[C@@H]1OC(=O)c1ccccc1.CC(C)(C)C(=O)Nc1ncn([C@H]2C[C@H](OC(=O)c3ccccc3)[C@@H](C(=O)O)O2)c(=O)n1.CCOP(=O)(CO)OCC.CCOP(=O)(CO[C@H]1O[C@@H](n2cnc(N)nc2=O)C[C@@H]1O)OCC. The molecule has 0 saturated carbocycles. The van der Waals surface area contributed by atoms with Crippen LogP contribution < -0.4 is 33.4 Å². The third-order valence-corrected chi connectivity index (χ3v) is 16.4. The van der Waals surface area contributed by atoms with Crippen LogP contribution in [0.2, 0.25) is 0 Å². The van der Waals surface area contributed by atoms with E-state index in [1.54, 1.807) is 118 Å². The molecule has 1 unspecified atom stereocenters. The van der Waals surface area contributed by atoms with Crippen LogP contribution in [0.4, 0.5) is 17.8 Å². The molecule has 8 rings (SSSR count). The van der Waals surface area contributed by atoms with Gasteiger partial charge in [0.15, 0.2) is 24.8 Å². The number of nitrogens with zero attached hydrogens (tertiary/aromatic N) is 9. The Labute approximate surface area is 554 Å². The lowest BCUT2D eigenvalue weighted by molar-refractivity contribution is -0.191. The molecule has 0 radical (unpaired) electrons. The minimum Gasteiger partial charge on any atom is -0.479 e. The molecule has 7 N–H and O–H groups in total. The summed E-state index contributed by atoms with van der Waals surface area (Å²) >= 11 is 0. The van der Waals surface area contributed by atoms with Crippen molar-refractivity contribution >= 4 is 68.7 Å². The van der Waals surface area contributed by atoms with E-state index in [0.717, 1.165) is 26.4 Å². The highest BCUT2D eigenvalue weighted by Crippen LogP contribution is 2.49. The van der Waals surface area contributed by atoms with E-state index in [2.05, 4.69) is 40.5 Å². The number of benzene rings is 2. The molecule has 3 saturated heterocycles. The summed E-state index contributed by atoms with van der Waals surface area (Å²) in [5, 5.41) is 32.9. The molecule has 3 fully saturated rings. The van der Waals surface area contributed by atoms with Gasteiger partial charge in [-0.15, -0.1) is 0 Å². The molecule has 39 heteroatoms. The fraction of sp³-hybridized carbons (Fsp3) is 0.534. The second kappa shape index (κ2) is 36.2. The largest absolute Gasteiger partial charge is 0.479 e. The van der Waals surface area contributed by atoms with Crippen molar-refractivity contribution in [2.45, 2.75) is 151 Å². The number of nitrogens with two attached hydrogens (primary N) is 1. The summed E-state index contributed by atoms with van der Waals surface area (Å²) in [7, 11) is -6.57. The predicted octanol–water partition coefficient (Wildman–Crippen LogP) is 4.15. The molecular weight excluding hydrogens is 1330 g/mol. The number of anilines is 3. The third kappa shape index (κ3) is 24.0. The Morgan fingerprint density at radius 3 is 1.40 bits per heavy atom. The van der Waals surface area contributed by atoms with Gasteiger partial charge in [0.2, 0.25) is 35.9 Å². The van der Waals surface area contributed by atoms with Crippen molar-refractivity contribution in [3.05, 3.63) is 122 Å². The fourth-order valence-electron chi connectivity index (χ4n) is 8.32. The Morgan fingerprint density at radius 2 is 0.990 bits per heavy atom. The summed E-state index contributed by atoms with van der Waals surface area (Å²) in [4.78, 5) is 131. The van der Waals surface area contributed by atoms with Gasteiger partial charge >= 0.3 is 56.1 Å². The Bertz CT molecular complexity index is 3740. The number of aliphatic hydroxyl groups excluding tert-OH is 2. The highest BCUT2D eigenvalue weighted by molar-refractivity contribution is 7.53. The first-order valence-corrected chi connectivity index (χ1v) is 33.4. The molecule has 0 aliphatic carbocycles. The Kier molecular flexibility index (Phi) is 29.6. The maximum atomic E-state index is 12.5. The topological polar surface area (TPSA) is 492 Å². The van der Waals surface area contributed by atoms with Crippen molar-refractivity contribution < 1.29 is 104 Å². The molecule has 0 bridgehead atoms. The summed E-state index contributed by atoms with van der Waals surface area (Å²) in [5.74, 6) is -4.51. The molecule has 5 aromatic rings. The number of rotatable bonds is 23. The summed E-state index contributed by atoms with van der Waals surface area (Å²) in [6, 6.07) is 16.4. The lowest BCUT2D eigenvalue weighted by atomic mass is 9.96. The number of ether oxygens (including phenoxy) is 7. The number of amides is 2. The van der Waals surface area contributed by atoms with Crippen molar-refractivity contribution in [3.8, 4) is 0 Å². The Balaban J connectivity index is 0.000000247. The maximum absolute atomic E-state index is 12.5. The lowest BCUT2D eigenvalue weighted by Crippen LogP contribution is -2.34. The summed E-state index contributed by atoms with van der Waals surface area (Å²) in [6.45, 7) is 19.1. The number of aromatic nitrogens is 9. The zero-order valence-electron chi connectivity index (χ0n) is 54.9. The highest BCUT2D eigenvalue weighted by atomic mass is 31.2. The van der Waals surface area contributed by atoms with Crippen LogP contribution in [-0.2, 0) is 79.6 Å². The maximum Gasteiger partial charge on any atom is 0.356 e. The van der Waals surface area contributed by atoms with Crippen LogP contribution in [0.15, 0.2) is 94.0 Å². The molecule has 37 nitrogen and oxygen atoms in total. The molecule has 2 aromatic carbocycles. The number of nitrogen functional groups attached to an aromatic ring is 1. The molecule has 0 spiro atoms. The van der Waals surface area contributed by atoms with Crippen molar-refractivity contribution in [3.63, 3.8) is 0 Å². The van der Waals surface area contributed by atoms with Crippen molar-refractivity contribution in [1.29, 1.82) is 0 Å². The number of hydrogen-bond acceptors (Lipinski definition) is 31. The van der Waals surface area contributed by atoms with Crippen LogP contribution in [0.3, 0.4) is 0 Å². The molecule has 3 aliphatic heterocycles. The molecule has 3 aromatic heterocycles. The summed E-state index contributed by atoms with van der Waals surface area (Å²) in [6.07, 6.45) is -7.20. The number of carboxylic acids is 1. The second-order valence-electron chi connectivity index (χ2n) is 22.7. The van der Waals surface area contributed by atoms with Crippen LogP contribution in [0, 0.1) is 10.8 Å². The summed E-state index contributed by atoms with van der Waals surface area (Å²) in [5.41, 5.74) is 2.29. The molecule has 3 aliphatic rings.